The summed E-state index contributed by atoms with van der Waals surface area (Å²) in [6, 6.07) is 12.5. The van der Waals surface area contributed by atoms with Gasteiger partial charge in [-0.2, -0.15) is 0 Å². The van der Waals surface area contributed by atoms with E-state index >= 15 is 0 Å². The van der Waals surface area contributed by atoms with Gasteiger partial charge in [0.2, 0.25) is 0 Å². The molecule has 0 amide bonds. The maximum atomic E-state index is 3.83. The standard InChI is InChI=1S/C18H27N3/c1-2-19-18(17-13-20-8-10-21(17)11-9-20)16-12-15(16)14-6-4-3-5-7-14/h3-7,15-19H,2,8-13H2,1H3. The first-order chi connectivity index (χ1) is 10.4. The molecule has 0 aromatic heterocycles. The summed E-state index contributed by atoms with van der Waals surface area (Å²) in [6.07, 6.45) is 1.37. The summed E-state index contributed by atoms with van der Waals surface area (Å²) in [4.78, 5) is 5.41. The topological polar surface area (TPSA) is 18.5 Å². The molecule has 4 fully saturated rings. The van der Waals surface area contributed by atoms with Gasteiger partial charge in [0.05, 0.1) is 0 Å². The summed E-state index contributed by atoms with van der Waals surface area (Å²) in [5.41, 5.74) is 1.54. The fraction of sp³-hybridized carbons (Fsp3) is 0.667. The molecule has 1 N–H and O–H groups in total. The van der Waals surface area contributed by atoms with Crippen LogP contribution in [0.15, 0.2) is 30.3 Å². The molecule has 4 unspecified atom stereocenters. The average Bonchev–Trinajstić information content (AvgIpc) is 3.35. The number of nitrogens with zero attached hydrogens (tertiary/aromatic N) is 2. The predicted octanol–water partition coefficient (Wildman–Crippen LogP) is 1.77. The Bertz CT molecular complexity index is 467. The number of hydrogen-bond donors (Lipinski definition) is 1. The first kappa shape index (κ1) is 13.7. The summed E-state index contributed by atoms with van der Waals surface area (Å²) in [7, 11) is 0. The predicted molar refractivity (Wildman–Crippen MR) is 86.6 cm³/mol. The quantitative estimate of drug-likeness (QED) is 0.889. The van der Waals surface area contributed by atoms with E-state index in [-0.39, 0.29) is 0 Å². The van der Waals surface area contributed by atoms with Crippen molar-refractivity contribution in [3.63, 3.8) is 0 Å². The van der Waals surface area contributed by atoms with Crippen molar-refractivity contribution >= 4 is 0 Å². The summed E-state index contributed by atoms with van der Waals surface area (Å²) in [5, 5.41) is 3.83. The molecule has 1 saturated carbocycles. The molecule has 1 aromatic carbocycles. The van der Waals surface area contributed by atoms with Gasteiger partial charge in [-0.3, -0.25) is 9.80 Å². The molecule has 3 heteroatoms. The van der Waals surface area contributed by atoms with E-state index in [1.54, 1.807) is 5.56 Å². The van der Waals surface area contributed by atoms with Gasteiger partial charge in [-0.25, -0.2) is 0 Å². The maximum absolute atomic E-state index is 3.83. The minimum Gasteiger partial charge on any atom is -0.312 e. The third kappa shape index (κ3) is 2.63. The van der Waals surface area contributed by atoms with Crippen molar-refractivity contribution in [3.05, 3.63) is 35.9 Å². The highest BCUT2D eigenvalue weighted by Crippen LogP contribution is 2.50. The highest BCUT2D eigenvalue weighted by molar-refractivity contribution is 5.27. The van der Waals surface area contributed by atoms with Crippen LogP contribution in [0.3, 0.4) is 0 Å². The van der Waals surface area contributed by atoms with E-state index in [2.05, 4.69) is 52.4 Å². The molecule has 2 bridgehead atoms. The Labute approximate surface area is 128 Å². The Morgan fingerprint density at radius 2 is 1.90 bits per heavy atom. The van der Waals surface area contributed by atoms with Crippen LogP contribution in [0.1, 0.15) is 24.8 Å². The first-order valence-electron chi connectivity index (χ1n) is 8.61. The third-order valence-electron chi connectivity index (χ3n) is 5.70. The van der Waals surface area contributed by atoms with Crippen molar-refractivity contribution in [2.24, 2.45) is 5.92 Å². The lowest BCUT2D eigenvalue weighted by Crippen LogP contribution is -2.66. The van der Waals surface area contributed by atoms with E-state index in [0.717, 1.165) is 24.4 Å². The lowest BCUT2D eigenvalue weighted by Gasteiger charge is -2.50. The minimum absolute atomic E-state index is 0.670. The molecule has 1 aliphatic carbocycles. The highest BCUT2D eigenvalue weighted by atomic mass is 15.4. The minimum atomic E-state index is 0.670. The molecular formula is C18H27N3. The summed E-state index contributed by atoms with van der Waals surface area (Å²) in [5.74, 6) is 1.62. The van der Waals surface area contributed by atoms with Crippen LogP contribution >= 0.6 is 0 Å². The second-order valence-electron chi connectivity index (χ2n) is 6.90. The normalized spacial score (nSPS) is 39.2. The van der Waals surface area contributed by atoms with E-state index in [1.165, 1.54) is 39.1 Å². The van der Waals surface area contributed by atoms with Gasteiger partial charge in [0.25, 0.3) is 0 Å². The molecule has 21 heavy (non-hydrogen) atoms. The van der Waals surface area contributed by atoms with Crippen LogP contribution in [0, 0.1) is 5.92 Å². The number of piperazine rings is 3. The Kier molecular flexibility index (Phi) is 3.74. The van der Waals surface area contributed by atoms with Crippen molar-refractivity contribution < 1.29 is 0 Å². The van der Waals surface area contributed by atoms with Crippen molar-refractivity contribution in [2.75, 3.05) is 39.3 Å². The van der Waals surface area contributed by atoms with Gasteiger partial charge in [0.1, 0.15) is 0 Å². The molecule has 0 spiro atoms. The van der Waals surface area contributed by atoms with Crippen LogP contribution in [0.5, 0.6) is 0 Å². The second kappa shape index (κ2) is 5.71. The van der Waals surface area contributed by atoms with Gasteiger partial charge < -0.3 is 5.32 Å². The molecule has 4 atom stereocenters. The van der Waals surface area contributed by atoms with Crippen LogP contribution in [-0.2, 0) is 0 Å². The number of likely N-dealkylation sites (N-methyl/N-ethyl adjacent to an activating group) is 1. The highest BCUT2D eigenvalue weighted by Gasteiger charge is 2.49. The van der Waals surface area contributed by atoms with Gasteiger partial charge in [0.15, 0.2) is 0 Å². The van der Waals surface area contributed by atoms with Gasteiger partial charge in [0, 0.05) is 44.8 Å². The van der Waals surface area contributed by atoms with Crippen LogP contribution < -0.4 is 5.32 Å². The SMILES string of the molecule is CCNC(C1CC1c1ccccc1)C1CN2CCN1CC2. The summed E-state index contributed by atoms with van der Waals surface area (Å²) < 4.78 is 0. The lowest BCUT2D eigenvalue weighted by atomic mass is 9.94. The number of fused-ring (bicyclic) bond motifs is 3. The fourth-order valence-corrected chi connectivity index (χ4v) is 4.50. The van der Waals surface area contributed by atoms with Crippen molar-refractivity contribution in [3.8, 4) is 0 Å². The Morgan fingerprint density at radius 3 is 2.52 bits per heavy atom. The zero-order valence-electron chi connectivity index (χ0n) is 13.0. The molecule has 5 rings (SSSR count). The van der Waals surface area contributed by atoms with E-state index < -0.39 is 0 Å². The molecule has 3 heterocycles. The molecule has 0 radical (unpaired) electrons. The fourth-order valence-electron chi connectivity index (χ4n) is 4.50. The molecule has 1 aromatic rings. The molecule has 3 aliphatic heterocycles. The van der Waals surface area contributed by atoms with E-state index in [0.29, 0.717) is 6.04 Å². The molecule has 3 nitrogen and oxygen atoms in total. The second-order valence-corrected chi connectivity index (χ2v) is 6.90. The van der Waals surface area contributed by atoms with Crippen molar-refractivity contribution in [1.82, 2.24) is 15.1 Å². The van der Waals surface area contributed by atoms with Gasteiger partial charge in [-0.1, -0.05) is 37.3 Å². The number of nitrogens with one attached hydrogen (secondary N) is 1. The Morgan fingerprint density at radius 1 is 1.14 bits per heavy atom. The van der Waals surface area contributed by atoms with Gasteiger partial charge >= 0.3 is 0 Å². The van der Waals surface area contributed by atoms with Crippen molar-refractivity contribution in [1.29, 1.82) is 0 Å². The zero-order valence-corrected chi connectivity index (χ0v) is 13.0. The maximum Gasteiger partial charge on any atom is 0.0380 e. The third-order valence-corrected chi connectivity index (χ3v) is 5.70. The number of rotatable bonds is 5. The monoisotopic (exact) mass is 285 g/mol. The number of benzene rings is 1. The van der Waals surface area contributed by atoms with E-state index in [1.807, 2.05) is 0 Å². The average molecular weight is 285 g/mol. The van der Waals surface area contributed by atoms with Gasteiger partial charge in [-0.05, 0) is 30.4 Å². The largest absolute Gasteiger partial charge is 0.312 e. The van der Waals surface area contributed by atoms with Crippen LogP contribution in [0.25, 0.3) is 0 Å². The Hall–Kier alpha value is -0.900. The molecule has 114 valence electrons. The van der Waals surface area contributed by atoms with Crippen LogP contribution in [0.2, 0.25) is 0 Å². The van der Waals surface area contributed by atoms with E-state index in [9.17, 15) is 0 Å². The lowest BCUT2D eigenvalue weighted by molar-refractivity contribution is -0.00675. The smallest absolute Gasteiger partial charge is 0.0380 e. The Balaban J connectivity index is 1.48. The van der Waals surface area contributed by atoms with Crippen LogP contribution in [0.4, 0.5) is 0 Å². The number of hydrogen-bond acceptors (Lipinski definition) is 3. The van der Waals surface area contributed by atoms with Crippen molar-refractivity contribution in [2.45, 2.75) is 31.3 Å². The molecule has 4 aliphatic rings. The van der Waals surface area contributed by atoms with E-state index in [4.69, 9.17) is 0 Å². The molecular weight excluding hydrogens is 258 g/mol. The molecule has 3 saturated heterocycles. The summed E-state index contributed by atoms with van der Waals surface area (Å²) in [6.45, 7) is 9.72. The zero-order chi connectivity index (χ0) is 14.2. The first-order valence-corrected chi connectivity index (χ1v) is 8.61. The van der Waals surface area contributed by atoms with Crippen LogP contribution in [-0.4, -0.2) is 61.2 Å². The summed E-state index contributed by atoms with van der Waals surface area (Å²) >= 11 is 0. The van der Waals surface area contributed by atoms with Gasteiger partial charge in [-0.15, -0.1) is 0 Å².